The van der Waals surface area contributed by atoms with E-state index in [1.807, 2.05) is 6.07 Å². The highest BCUT2D eigenvalue weighted by Crippen LogP contribution is 2.22. The quantitative estimate of drug-likeness (QED) is 0.493. The molecule has 0 bridgehead atoms. The summed E-state index contributed by atoms with van der Waals surface area (Å²) in [5.41, 5.74) is 1.32. The number of carbonyl (C=O) groups is 1. The van der Waals surface area contributed by atoms with E-state index in [1.54, 1.807) is 30.3 Å². The number of benzene rings is 2. The van der Waals surface area contributed by atoms with Gasteiger partial charge < -0.3 is 5.11 Å². The minimum atomic E-state index is -0.246. The molecule has 0 aliphatic carbocycles. The van der Waals surface area contributed by atoms with Gasteiger partial charge >= 0.3 is 0 Å². The van der Waals surface area contributed by atoms with Crippen LogP contribution in [-0.4, -0.2) is 16.1 Å². The number of hydrogen-bond acceptors (Lipinski definition) is 4. The highest BCUT2D eigenvalue weighted by molar-refractivity contribution is 6.10. The SMILES string of the molecule is O=C(c1ccccc1)c1ccc(COO)cc1O. The molecule has 0 aliphatic rings. The number of hydrogen-bond donors (Lipinski definition) is 2. The summed E-state index contributed by atoms with van der Waals surface area (Å²) in [4.78, 5) is 16.1. The molecule has 0 radical (unpaired) electrons. The van der Waals surface area contributed by atoms with Crippen molar-refractivity contribution >= 4 is 5.78 Å². The fourth-order valence-electron chi connectivity index (χ4n) is 1.68. The van der Waals surface area contributed by atoms with E-state index in [-0.39, 0.29) is 23.7 Å². The summed E-state index contributed by atoms with van der Waals surface area (Å²) in [6, 6.07) is 13.2. The van der Waals surface area contributed by atoms with E-state index in [0.717, 1.165) is 0 Å². The Labute approximate surface area is 104 Å². The Balaban J connectivity index is 2.32. The van der Waals surface area contributed by atoms with Crippen molar-refractivity contribution in [3.63, 3.8) is 0 Å². The van der Waals surface area contributed by atoms with Gasteiger partial charge in [0.1, 0.15) is 12.4 Å². The number of carbonyl (C=O) groups excluding carboxylic acids is 1. The van der Waals surface area contributed by atoms with Crippen molar-refractivity contribution in [2.24, 2.45) is 0 Å². The summed E-state index contributed by atoms with van der Waals surface area (Å²) < 4.78 is 0. The van der Waals surface area contributed by atoms with Crippen LogP contribution in [-0.2, 0) is 11.5 Å². The molecule has 4 nitrogen and oxygen atoms in total. The first-order chi connectivity index (χ1) is 8.72. The van der Waals surface area contributed by atoms with Gasteiger partial charge in [0.2, 0.25) is 0 Å². The summed E-state index contributed by atoms with van der Waals surface area (Å²) in [5, 5.41) is 18.1. The molecule has 92 valence electrons. The Morgan fingerprint density at radius 1 is 1.11 bits per heavy atom. The predicted octanol–water partition coefficient (Wildman–Crippen LogP) is 2.61. The molecule has 0 unspecified atom stereocenters. The molecule has 0 aliphatic heterocycles. The van der Waals surface area contributed by atoms with Crippen molar-refractivity contribution in [2.45, 2.75) is 6.61 Å². The lowest BCUT2D eigenvalue weighted by molar-refractivity contribution is -0.253. The zero-order valence-corrected chi connectivity index (χ0v) is 9.54. The number of phenolic OH excluding ortho intramolecular Hbond substituents is 1. The fraction of sp³-hybridized carbons (Fsp3) is 0.0714. The number of ketones is 1. The molecule has 0 atom stereocenters. The van der Waals surface area contributed by atoms with E-state index in [2.05, 4.69) is 4.89 Å². The van der Waals surface area contributed by atoms with Crippen LogP contribution in [0.3, 0.4) is 0 Å². The average molecular weight is 244 g/mol. The molecule has 0 aromatic heterocycles. The lowest BCUT2D eigenvalue weighted by Crippen LogP contribution is -2.02. The smallest absolute Gasteiger partial charge is 0.196 e. The van der Waals surface area contributed by atoms with Gasteiger partial charge in [-0.15, -0.1) is 0 Å². The van der Waals surface area contributed by atoms with Gasteiger partial charge in [-0.2, -0.15) is 0 Å². The van der Waals surface area contributed by atoms with Crippen LogP contribution in [0.5, 0.6) is 5.75 Å². The molecule has 0 spiro atoms. The Morgan fingerprint density at radius 3 is 2.44 bits per heavy atom. The van der Waals surface area contributed by atoms with E-state index < -0.39 is 0 Å². The van der Waals surface area contributed by atoms with E-state index >= 15 is 0 Å². The highest BCUT2D eigenvalue weighted by Gasteiger charge is 2.13. The van der Waals surface area contributed by atoms with Gasteiger partial charge in [-0.1, -0.05) is 36.4 Å². The van der Waals surface area contributed by atoms with Crippen LogP contribution < -0.4 is 0 Å². The van der Waals surface area contributed by atoms with Crippen molar-refractivity contribution in [2.75, 3.05) is 0 Å². The maximum atomic E-state index is 12.1. The van der Waals surface area contributed by atoms with Crippen LogP contribution in [0.25, 0.3) is 0 Å². The molecule has 18 heavy (non-hydrogen) atoms. The summed E-state index contributed by atoms with van der Waals surface area (Å²) in [6.45, 7) is -0.0344. The van der Waals surface area contributed by atoms with Crippen LogP contribution in [0.15, 0.2) is 48.5 Å². The molecule has 0 amide bonds. The third-order valence-electron chi connectivity index (χ3n) is 2.57. The molecule has 0 fully saturated rings. The summed E-state index contributed by atoms with van der Waals surface area (Å²) in [5.74, 6) is -0.372. The molecule has 2 aromatic carbocycles. The van der Waals surface area contributed by atoms with Gasteiger partial charge in [-0.3, -0.25) is 10.1 Å². The zero-order valence-electron chi connectivity index (χ0n) is 9.54. The Hall–Kier alpha value is -2.17. The molecule has 0 saturated heterocycles. The summed E-state index contributed by atoms with van der Waals surface area (Å²) in [6.07, 6.45) is 0. The fourth-order valence-corrected chi connectivity index (χ4v) is 1.68. The van der Waals surface area contributed by atoms with Crippen LogP contribution >= 0.6 is 0 Å². The van der Waals surface area contributed by atoms with Gasteiger partial charge in [0.05, 0.1) is 5.56 Å². The van der Waals surface area contributed by atoms with Crippen molar-refractivity contribution in [3.05, 3.63) is 65.2 Å². The summed E-state index contributed by atoms with van der Waals surface area (Å²) >= 11 is 0. The lowest BCUT2D eigenvalue weighted by atomic mass is 10.0. The first kappa shape index (κ1) is 12.3. The second kappa shape index (κ2) is 5.44. The predicted molar refractivity (Wildman–Crippen MR) is 65.4 cm³/mol. The lowest BCUT2D eigenvalue weighted by Gasteiger charge is -2.06. The topological polar surface area (TPSA) is 66.8 Å². The van der Waals surface area contributed by atoms with Gasteiger partial charge in [0, 0.05) is 5.56 Å². The maximum Gasteiger partial charge on any atom is 0.196 e. The minimum Gasteiger partial charge on any atom is -0.507 e. The standard InChI is InChI=1S/C14H12O4/c15-13-8-10(9-18-17)6-7-12(13)14(16)11-4-2-1-3-5-11/h1-8,15,17H,9H2. The van der Waals surface area contributed by atoms with Gasteiger partial charge in [-0.05, 0) is 17.7 Å². The van der Waals surface area contributed by atoms with E-state index in [9.17, 15) is 9.90 Å². The second-order valence-corrected chi connectivity index (χ2v) is 3.82. The molecule has 2 aromatic rings. The zero-order chi connectivity index (χ0) is 13.0. The molecule has 0 heterocycles. The molecule has 2 rings (SSSR count). The molecular weight excluding hydrogens is 232 g/mol. The van der Waals surface area contributed by atoms with Crippen molar-refractivity contribution in [1.82, 2.24) is 0 Å². The van der Waals surface area contributed by atoms with Crippen molar-refractivity contribution in [3.8, 4) is 5.75 Å². The Morgan fingerprint density at radius 2 is 1.83 bits per heavy atom. The number of rotatable bonds is 4. The summed E-state index contributed by atoms with van der Waals surface area (Å²) in [7, 11) is 0. The van der Waals surface area contributed by atoms with Gasteiger partial charge in [0.15, 0.2) is 5.78 Å². The van der Waals surface area contributed by atoms with Gasteiger partial charge in [0.25, 0.3) is 0 Å². The minimum absolute atomic E-state index is 0.0344. The first-order valence-electron chi connectivity index (χ1n) is 5.40. The van der Waals surface area contributed by atoms with E-state index in [4.69, 9.17) is 5.26 Å². The van der Waals surface area contributed by atoms with E-state index in [0.29, 0.717) is 11.1 Å². The molecule has 4 heteroatoms. The Kier molecular flexibility index (Phi) is 3.72. The van der Waals surface area contributed by atoms with Crippen LogP contribution in [0.1, 0.15) is 21.5 Å². The third-order valence-corrected chi connectivity index (χ3v) is 2.57. The monoisotopic (exact) mass is 244 g/mol. The van der Waals surface area contributed by atoms with Crippen molar-refractivity contribution in [1.29, 1.82) is 0 Å². The average Bonchev–Trinajstić information content (AvgIpc) is 2.40. The first-order valence-corrected chi connectivity index (χ1v) is 5.40. The van der Waals surface area contributed by atoms with Crippen molar-refractivity contribution < 1.29 is 20.0 Å². The van der Waals surface area contributed by atoms with E-state index in [1.165, 1.54) is 12.1 Å². The molecule has 0 saturated carbocycles. The number of aromatic hydroxyl groups is 1. The maximum absolute atomic E-state index is 12.1. The van der Waals surface area contributed by atoms with Crippen LogP contribution in [0.4, 0.5) is 0 Å². The molecular formula is C14H12O4. The molecule has 2 N–H and O–H groups in total. The Bertz CT molecular complexity index is 549. The van der Waals surface area contributed by atoms with Crippen LogP contribution in [0, 0.1) is 0 Å². The van der Waals surface area contributed by atoms with Gasteiger partial charge in [-0.25, -0.2) is 4.89 Å². The number of phenols is 1. The highest BCUT2D eigenvalue weighted by atomic mass is 17.1. The second-order valence-electron chi connectivity index (χ2n) is 3.82. The normalized spacial score (nSPS) is 10.3. The van der Waals surface area contributed by atoms with Crippen LogP contribution in [0.2, 0.25) is 0 Å². The third kappa shape index (κ3) is 2.56. The largest absolute Gasteiger partial charge is 0.507 e.